The number of thiocarbonyl (C=S) groups is 1. The summed E-state index contributed by atoms with van der Waals surface area (Å²) in [6.07, 6.45) is -0.404. The van der Waals surface area contributed by atoms with Crippen molar-refractivity contribution in [3.63, 3.8) is 0 Å². The lowest BCUT2D eigenvalue weighted by atomic mass is 10.1. The summed E-state index contributed by atoms with van der Waals surface area (Å²) in [5.74, 6) is 0. The molecular weight excluding hydrogens is 220 g/mol. The summed E-state index contributed by atoms with van der Waals surface area (Å²) in [7, 11) is 0. The molecule has 0 heterocycles. The highest BCUT2D eigenvalue weighted by molar-refractivity contribution is 7.80. The Bertz CT molecular complexity index is 357. The van der Waals surface area contributed by atoms with E-state index < -0.39 is 6.10 Å². The van der Waals surface area contributed by atoms with Gasteiger partial charge in [0.2, 0.25) is 0 Å². The molecule has 0 unspecified atom stereocenters. The van der Waals surface area contributed by atoms with Crippen LogP contribution in [0.2, 0.25) is 0 Å². The van der Waals surface area contributed by atoms with Crippen LogP contribution in [-0.2, 0) is 0 Å². The zero-order valence-corrected chi connectivity index (χ0v) is 10.7. The fraction of sp³-hybridized carbons (Fsp3) is 0.417. The average molecular weight is 238 g/mol. The molecule has 0 radical (unpaired) electrons. The molecule has 0 saturated heterocycles. The minimum atomic E-state index is -0.404. The molecule has 0 fully saturated rings. The summed E-state index contributed by atoms with van der Waals surface area (Å²) >= 11 is 5.11. The molecule has 0 spiro atoms. The maximum atomic E-state index is 9.11. The van der Waals surface area contributed by atoms with Gasteiger partial charge in [-0.15, -0.1) is 0 Å². The minimum absolute atomic E-state index is 0.404. The summed E-state index contributed by atoms with van der Waals surface area (Å²) in [6, 6.07) is 6.17. The predicted molar refractivity (Wildman–Crippen MR) is 71.8 cm³/mol. The fourth-order valence-electron chi connectivity index (χ4n) is 1.46. The van der Waals surface area contributed by atoms with Crippen molar-refractivity contribution < 1.29 is 5.11 Å². The molecular formula is C12H18N2OS. The van der Waals surface area contributed by atoms with Gasteiger partial charge >= 0.3 is 0 Å². The standard InChI is InChI=1S/C12H18N2OS/c1-8-4-9(2)6-11(5-8)14-12(16)13-7-10(3)15/h4-6,10,15H,7H2,1-3H3,(H2,13,14,16)/t10-/m1/s1. The molecule has 1 aromatic carbocycles. The lowest BCUT2D eigenvalue weighted by molar-refractivity contribution is 0.198. The third kappa shape index (κ3) is 4.59. The zero-order chi connectivity index (χ0) is 12.1. The lowest BCUT2D eigenvalue weighted by Gasteiger charge is -2.12. The molecule has 0 aliphatic carbocycles. The van der Waals surface area contributed by atoms with Crippen LogP contribution in [0.3, 0.4) is 0 Å². The molecule has 0 saturated carbocycles. The van der Waals surface area contributed by atoms with Crippen LogP contribution in [0.4, 0.5) is 5.69 Å². The first-order valence-corrected chi connectivity index (χ1v) is 5.69. The number of rotatable bonds is 3. The SMILES string of the molecule is Cc1cc(C)cc(NC(=S)NC[C@@H](C)O)c1. The van der Waals surface area contributed by atoms with Gasteiger partial charge in [-0.25, -0.2) is 0 Å². The van der Waals surface area contributed by atoms with Gasteiger partial charge < -0.3 is 15.7 Å². The largest absolute Gasteiger partial charge is 0.392 e. The van der Waals surface area contributed by atoms with Crippen LogP contribution in [0.15, 0.2) is 18.2 Å². The lowest BCUT2D eigenvalue weighted by Crippen LogP contribution is -2.33. The van der Waals surface area contributed by atoms with Gasteiger partial charge in [0, 0.05) is 12.2 Å². The Hall–Kier alpha value is -1.13. The molecule has 4 heteroatoms. The van der Waals surface area contributed by atoms with Crippen molar-refractivity contribution in [1.82, 2.24) is 5.32 Å². The van der Waals surface area contributed by atoms with Crippen molar-refractivity contribution in [3.8, 4) is 0 Å². The first-order chi connectivity index (χ1) is 7.47. The van der Waals surface area contributed by atoms with E-state index in [4.69, 9.17) is 17.3 Å². The Balaban J connectivity index is 2.56. The van der Waals surface area contributed by atoms with Crippen LogP contribution < -0.4 is 10.6 Å². The second-order valence-corrected chi connectivity index (χ2v) is 4.47. The number of benzene rings is 1. The second kappa shape index (κ2) is 5.82. The van der Waals surface area contributed by atoms with E-state index >= 15 is 0 Å². The van der Waals surface area contributed by atoms with Gasteiger partial charge in [0.25, 0.3) is 0 Å². The number of aliphatic hydroxyl groups excluding tert-OH is 1. The molecule has 0 aliphatic heterocycles. The topological polar surface area (TPSA) is 44.3 Å². The maximum Gasteiger partial charge on any atom is 0.170 e. The molecule has 1 rings (SSSR count). The van der Waals surface area contributed by atoms with Crippen molar-refractivity contribution in [1.29, 1.82) is 0 Å². The summed E-state index contributed by atoms with van der Waals surface area (Å²) in [5, 5.41) is 15.7. The smallest absolute Gasteiger partial charge is 0.170 e. The van der Waals surface area contributed by atoms with Gasteiger partial charge in [-0.1, -0.05) is 6.07 Å². The first kappa shape index (κ1) is 12.9. The quantitative estimate of drug-likeness (QED) is 0.705. The summed E-state index contributed by atoms with van der Waals surface area (Å²) < 4.78 is 0. The Morgan fingerprint density at radius 2 is 1.88 bits per heavy atom. The van der Waals surface area contributed by atoms with E-state index in [0.717, 1.165) is 5.69 Å². The molecule has 3 nitrogen and oxygen atoms in total. The highest BCUT2D eigenvalue weighted by Crippen LogP contribution is 2.13. The third-order valence-corrected chi connectivity index (χ3v) is 2.28. The van der Waals surface area contributed by atoms with Crippen molar-refractivity contribution >= 4 is 23.0 Å². The predicted octanol–water partition coefficient (Wildman–Crippen LogP) is 1.97. The summed E-state index contributed by atoms with van der Waals surface area (Å²) in [4.78, 5) is 0. The molecule has 0 bridgehead atoms. The molecule has 3 N–H and O–H groups in total. The second-order valence-electron chi connectivity index (χ2n) is 4.06. The number of nitrogens with one attached hydrogen (secondary N) is 2. The van der Waals surface area contributed by atoms with Crippen LogP contribution in [-0.4, -0.2) is 22.9 Å². The molecule has 1 atom stereocenters. The number of hydrogen-bond acceptors (Lipinski definition) is 2. The van der Waals surface area contributed by atoms with Crippen LogP contribution in [0.25, 0.3) is 0 Å². The van der Waals surface area contributed by atoms with Gasteiger partial charge in [-0.3, -0.25) is 0 Å². The van der Waals surface area contributed by atoms with E-state index in [1.165, 1.54) is 11.1 Å². The van der Waals surface area contributed by atoms with Gasteiger partial charge in [-0.2, -0.15) is 0 Å². The van der Waals surface area contributed by atoms with E-state index in [1.54, 1.807) is 6.92 Å². The van der Waals surface area contributed by atoms with Crippen LogP contribution in [0.1, 0.15) is 18.1 Å². The van der Waals surface area contributed by atoms with Crippen LogP contribution in [0, 0.1) is 13.8 Å². The molecule has 88 valence electrons. The molecule has 0 amide bonds. The number of anilines is 1. The van der Waals surface area contributed by atoms with Crippen molar-refractivity contribution in [2.45, 2.75) is 26.9 Å². The van der Waals surface area contributed by atoms with E-state index in [1.807, 2.05) is 26.0 Å². The van der Waals surface area contributed by atoms with Crippen LogP contribution in [0.5, 0.6) is 0 Å². The Kier molecular flexibility index (Phi) is 4.71. The first-order valence-electron chi connectivity index (χ1n) is 5.28. The normalized spacial score (nSPS) is 12.0. The van der Waals surface area contributed by atoms with Gasteiger partial charge in [0.05, 0.1) is 6.10 Å². The molecule has 0 aromatic heterocycles. The van der Waals surface area contributed by atoms with Crippen molar-refractivity contribution in [2.24, 2.45) is 0 Å². The average Bonchev–Trinajstić information content (AvgIpc) is 2.12. The highest BCUT2D eigenvalue weighted by Gasteiger charge is 2.00. The van der Waals surface area contributed by atoms with E-state index in [9.17, 15) is 0 Å². The van der Waals surface area contributed by atoms with Gasteiger partial charge in [0.15, 0.2) is 5.11 Å². The van der Waals surface area contributed by atoms with Crippen LogP contribution >= 0.6 is 12.2 Å². The number of aryl methyl sites for hydroxylation is 2. The zero-order valence-electron chi connectivity index (χ0n) is 9.87. The fourth-order valence-corrected chi connectivity index (χ4v) is 1.66. The summed E-state index contributed by atoms with van der Waals surface area (Å²) in [6.45, 7) is 6.26. The van der Waals surface area contributed by atoms with E-state index in [0.29, 0.717) is 11.7 Å². The maximum absolute atomic E-state index is 9.11. The molecule has 16 heavy (non-hydrogen) atoms. The Morgan fingerprint density at radius 1 is 1.31 bits per heavy atom. The van der Waals surface area contributed by atoms with Crippen molar-refractivity contribution in [2.75, 3.05) is 11.9 Å². The highest BCUT2D eigenvalue weighted by atomic mass is 32.1. The number of hydrogen-bond donors (Lipinski definition) is 3. The van der Waals surface area contributed by atoms with E-state index in [-0.39, 0.29) is 0 Å². The summed E-state index contributed by atoms with van der Waals surface area (Å²) in [5.41, 5.74) is 3.36. The van der Waals surface area contributed by atoms with Crippen molar-refractivity contribution in [3.05, 3.63) is 29.3 Å². The minimum Gasteiger partial charge on any atom is -0.392 e. The third-order valence-electron chi connectivity index (χ3n) is 2.04. The Morgan fingerprint density at radius 3 is 2.38 bits per heavy atom. The Labute approximate surface area is 102 Å². The monoisotopic (exact) mass is 238 g/mol. The molecule has 0 aliphatic rings. The van der Waals surface area contributed by atoms with E-state index in [2.05, 4.69) is 16.7 Å². The van der Waals surface area contributed by atoms with Gasteiger partial charge in [0.1, 0.15) is 0 Å². The van der Waals surface area contributed by atoms with Gasteiger partial charge in [-0.05, 0) is 56.2 Å². The number of aliphatic hydroxyl groups is 1. The molecule has 1 aromatic rings.